The van der Waals surface area contributed by atoms with E-state index in [1.807, 2.05) is 0 Å². The molecule has 0 aliphatic heterocycles. The number of rotatable bonds is 6. The normalized spacial score (nSPS) is 10.1. The number of nitrogens with zero attached hydrogens (tertiary/aromatic N) is 2. The van der Waals surface area contributed by atoms with Gasteiger partial charge in [-0.05, 0) is 22.0 Å². The Kier molecular flexibility index (Phi) is 5.44. The molecule has 0 aromatic carbocycles. The van der Waals surface area contributed by atoms with Gasteiger partial charge in [-0.25, -0.2) is 0 Å². The van der Waals surface area contributed by atoms with Crippen LogP contribution >= 0.6 is 15.9 Å². The summed E-state index contributed by atoms with van der Waals surface area (Å²) in [6.07, 6.45) is 1.36. The SMILES string of the molecule is O=C(O)CN(CC(=O)O)C(=O)Cn1cc(Br)ccc1=O. The maximum atomic E-state index is 11.9. The Labute approximate surface area is 121 Å². The second-order valence-electron chi connectivity index (χ2n) is 3.85. The Morgan fingerprint density at radius 1 is 1.15 bits per heavy atom. The van der Waals surface area contributed by atoms with Gasteiger partial charge in [0.15, 0.2) is 0 Å². The van der Waals surface area contributed by atoms with Crippen molar-refractivity contribution in [3.05, 3.63) is 33.2 Å². The van der Waals surface area contributed by atoms with E-state index in [2.05, 4.69) is 15.9 Å². The first-order chi connectivity index (χ1) is 9.29. The number of hydrogen-bond donors (Lipinski definition) is 2. The lowest BCUT2D eigenvalue weighted by Crippen LogP contribution is -2.42. The molecular weight excluding hydrogens is 336 g/mol. The van der Waals surface area contributed by atoms with Gasteiger partial charge in [-0.3, -0.25) is 19.2 Å². The summed E-state index contributed by atoms with van der Waals surface area (Å²) in [7, 11) is 0. The molecule has 9 heteroatoms. The van der Waals surface area contributed by atoms with Crippen molar-refractivity contribution in [1.29, 1.82) is 0 Å². The Morgan fingerprint density at radius 2 is 1.70 bits per heavy atom. The number of carbonyl (C=O) groups is 3. The Morgan fingerprint density at radius 3 is 2.20 bits per heavy atom. The molecule has 0 saturated carbocycles. The van der Waals surface area contributed by atoms with Gasteiger partial charge < -0.3 is 19.7 Å². The van der Waals surface area contributed by atoms with Crippen molar-refractivity contribution in [3.8, 4) is 0 Å². The van der Waals surface area contributed by atoms with Gasteiger partial charge in [0.05, 0.1) is 0 Å². The smallest absolute Gasteiger partial charge is 0.323 e. The number of aliphatic carboxylic acids is 2. The number of carbonyl (C=O) groups excluding carboxylic acids is 1. The quantitative estimate of drug-likeness (QED) is 0.724. The first kappa shape index (κ1) is 15.9. The molecular formula is C11H11BrN2O6. The lowest BCUT2D eigenvalue weighted by molar-refractivity contribution is -0.149. The number of aromatic nitrogens is 1. The minimum absolute atomic E-state index is 0.432. The summed E-state index contributed by atoms with van der Waals surface area (Å²) in [4.78, 5) is 45.2. The van der Waals surface area contributed by atoms with Crippen molar-refractivity contribution in [1.82, 2.24) is 9.47 Å². The summed E-state index contributed by atoms with van der Waals surface area (Å²) < 4.78 is 1.62. The number of hydrogen-bond acceptors (Lipinski definition) is 4. The standard InChI is InChI=1S/C11H11BrN2O6/c12-7-1-2-8(15)13(3-7)4-9(16)14(5-10(17)18)6-11(19)20/h1-3H,4-6H2,(H,17,18)(H,19,20). The molecule has 0 fully saturated rings. The number of amides is 1. The summed E-state index contributed by atoms with van der Waals surface area (Å²) >= 11 is 3.13. The lowest BCUT2D eigenvalue weighted by Gasteiger charge is -2.19. The zero-order valence-corrected chi connectivity index (χ0v) is 11.7. The van der Waals surface area contributed by atoms with E-state index in [1.54, 1.807) is 0 Å². The molecule has 0 radical (unpaired) electrons. The topological polar surface area (TPSA) is 117 Å². The fraction of sp³-hybridized carbons (Fsp3) is 0.273. The van der Waals surface area contributed by atoms with E-state index in [4.69, 9.17) is 10.2 Å². The number of halogens is 1. The van der Waals surface area contributed by atoms with Crippen LogP contribution in [0.5, 0.6) is 0 Å². The van der Waals surface area contributed by atoms with Crippen LogP contribution in [0.2, 0.25) is 0 Å². The number of pyridine rings is 1. The van der Waals surface area contributed by atoms with E-state index in [0.717, 1.165) is 4.57 Å². The van der Waals surface area contributed by atoms with Crippen molar-refractivity contribution >= 4 is 33.8 Å². The van der Waals surface area contributed by atoms with Gasteiger partial charge in [-0.1, -0.05) is 0 Å². The van der Waals surface area contributed by atoms with E-state index in [9.17, 15) is 19.2 Å². The van der Waals surface area contributed by atoms with Gasteiger partial charge in [0.2, 0.25) is 5.91 Å². The third-order valence-electron chi connectivity index (χ3n) is 2.26. The second-order valence-corrected chi connectivity index (χ2v) is 4.77. The Hall–Kier alpha value is -2.16. The van der Waals surface area contributed by atoms with Crippen LogP contribution in [0.1, 0.15) is 0 Å². The first-order valence-corrected chi connectivity index (χ1v) is 6.16. The van der Waals surface area contributed by atoms with E-state index in [1.165, 1.54) is 18.3 Å². The highest BCUT2D eigenvalue weighted by Gasteiger charge is 2.20. The van der Waals surface area contributed by atoms with Crippen LogP contribution in [0.4, 0.5) is 0 Å². The van der Waals surface area contributed by atoms with Crippen molar-refractivity contribution in [2.24, 2.45) is 0 Å². The molecule has 0 aliphatic rings. The minimum Gasteiger partial charge on any atom is -0.480 e. The van der Waals surface area contributed by atoms with Crippen LogP contribution < -0.4 is 5.56 Å². The molecule has 20 heavy (non-hydrogen) atoms. The molecule has 1 amide bonds. The highest BCUT2D eigenvalue weighted by Crippen LogP contribution is 2.05. The van der Waals surface area contributed by atoms with Crippen molar-refractivity contribution in [3.63, 3.8) is 0 Å². The predicted octanol–water partition coefficient (Wildman–Crippen LogP) is -0.391. The van der Waals surface area contributed by atoms with E-state index in [-0.39, 0.29) is 0 Å². The molecule has 0 unspecified atom stereocenters. The molecule has 0 spiro atoms. The Balaban J connectivity index is 2.89. The summed E-state index contributed by atoms with van der Waals surface area (Å²) in [6, 6.07) is 2.73. The maximum absolute atomic E-state index is 11.9. The molecule has 8 nitrogen and oxygen atoms in total. The molecule has 1 aromatic heterocycles. The monoisotopic (exact) mass is 346 g/mol. The minimum atomic E-state index is -1.33. The molecule has 2 N–H and O–H groups in total. The third kappa shape index (κ3) is 4.84. The van der Waals surface area contributed by atoms with Crippen LogP contribution in [0.25, 0.3) is 0 Å². The highest BCUT2D eigenvalue weighted by atomic mass is 79.9. The fourth-order valence-corrected chi connectivity index (χ4v) is 1.81. The van der Waals surface area contributed by atoms with Gasteiger partial charge in [0.25, 0.3) is 5.56 Å². The van der Waals surface area contributed by atoms with Gasteiger partial charge in [-0.2, -0.15) is 0 Å². The first-order valence-electron chi connectivity index (χ1n) is 5.37. The molecule has 0 atom stereocenters. The molecule has 0 bridgehead atoms. The Bertz CT molecular complexity index is 581. The van der Waals surface area contributed by atoms with Crippen LogP contribution in [0.15, 0.2) is 27.6 Å². The average Bonchev–Trinajstić information content (AvgIpc) is 2.31. The average molecular weight is 347 g/mol. The van der Waals surface area contributed by atoms with Crippen LogP contribution in [-0.2, 0) is 20.9 Å². The number of carboxylic acids is 2. The number of carboxylic acid groups (broad SMARTS) is 2. The molecule has 1 heterocycles. The summed E-state index contributed by atoms with van der Waals surface area (Å²) in [5, 5.41) is 17.3. The van der Waals surface area contributed by atoms with E-state index >= 15 is 0 Å². The van der Waals surface area contributed by atoms with Gasteiger partial charge in [0, 0.05) is 16.7 Å². The lowest BCUT2D eigenvalue weighted by atomic mass is 10.4. The van der Waals surface area contributed by atoms with Crippen molar-refractivity contribution in [2.45, 2.75) is 6.54 Å². The van der Waals surface area contributed by atoms with Crippen LogP contribution in [-0.4, -0.2) is 50.6 Å². The zero-order valence-electron chi connectivity index (χ0n) is 10.2. The van der Waals surface area contributed by atoms with Gasteiger partial charge >= 0.3 is 11.9 Å². The summed E-state index contributed by atoms with van der Waals surface area (Å²) in [6.45, 7) is -1.92. The second kappa shape index (κ2) is 6.85. The molecule has 108 valence electrons. The molecule has 0 saturated heterocycles. The van der Waals surface area contributed by atoms with E-state index < -0.39 is 43.0 Å². The van der Waals surface area contributed by atoms with Gasteiger partial charge in [-0.15, -0.1) is 0 Å². The van der Waals surface area contributed by atoms with Gasteiger partial charge in [0.1, 0.15) is 19.6 Å². The van der Waals surface area contributed by atoms with Crippen molar-refractivity contribution < 1.29 is 24.6 Å². The summed E-state index contributed by atoms with van der Waals surface area (Å²) in [5.41, 5.74) is -0.452. The van der Waals surface area contributed by atoms with Crippen LogP contribution in [0, 0.1) is 0 Å². The largest absolute Gasteiger partial charge is 0.480 e. The maximum Gasteiger partial charge on any atom is 0.323 e. The molecule has 1 rings (SSSR count). The fourth-order valence-electron chi connectivity index (χ4n) is 1.43. The van der Waals surface area contributed by atoms with E-state index in [0.29, 0.717) is 9.37 Å². The van der Waals surface area contributed by atoms with Crippen LogP contribution in [0.3, 0.4) is 0 Å². The predicted molar refractivity (Wildman–Crippen MR) is 70.3 cm³/mol. The summed E-state index contributed by atoms with van der Waals surface area (Å²) in [5.74, 6) is -3.43. The molecule has 0 aliphatic carbocycles. The third-order valence-corrected chi connectivity index (χ3v) is 2.73. The van der Waals surface area contributed by atoms with Crippen molar-refractivity contribution in [2.75, 3.05) is 13.1 Å². The zero-order chi connectivity index (χ0) is 15.3. The highest BCUT2D eigenvalue weighted by molar-refractivity contribution is 9.10. The molecule has 1 aromatic rings.